The third-order valence-electron chi connectivity index (χ3n) is 4.12. The number of hydrogen-bond donors (Lipinski definition) is 0. The first kappa shape index (κ1) is 14.9. The highest BCUT2D eigenvalue weighted by Gasteiger charge is 2.16. The van der Waals surface area contributed by atoms with Crippen molar-refractivity contribution in [1.82, 2.24) is 4.98 Å². The number of benzene rings is 3. The summed E-state index contributed by atoms with van der Waals surface area (Å²) >= 11 is 0. The van der Waals surface area contributed by atoms with Gasteiger partial charge in [0.1, 0.15) is 5.52 Å². The molecule has 1 aromatic heterocycles. The molecule has 0 bridgehead atoms. The second-order valence-electron chi connectivity index (χ2n) is 5.58. The fraction of sp³-hybridized carbons (Fsp3) is 0.105. The summed E-state index contributed by atoms with van der Waals surface area (Å²) in [7, 11) is -3.26. The molecule has 5 heteroatoms. The second-order valence-corrected chi connectivity index (χ2v) is 7.86. The Morgan fingerprint density at radius 3 is 2.62 bits per heavy atom. The van der Waals surface area contributed by atoms with Crippen LogP contribution in [0.5, 0.6) is 0 Å². The first-order valence-corrected chi connectivity index (χ1v) is 9.35. The van der Waals surface area contributed by atoms with E-state index >= 15 is 0 Å². The maximum Gasteiger partial charge on any atom is 0.227 e. The Morgan fingerprint density at radius 2 is 1.79 bits per heavy atom. The molecule has 1 heterocycles. The maximum atomic E-state index is 12.0. The van der Waals surface area contributed by atoms with E-state index in [0.29, 0.717) is 17.0 Å². The van der Waals surface area contributed by atoms with Crippen molar-refractivity contribution in [2.45, 2.75) is 11.8 Å². The smallest absolute Gasteiger partial charge is 0.227 e. The monoisotopic (exact) mass is 337 g/mol. The fourth-order valence-corrected chi connectivity index (χ4v) is 3.69. The van der Waals surface area contributed by atoms with Gasteiger partial charge in [0, 0.05) is 5.56 Å². The molecule has 4 nitrogen and oxygen atoms in total. The van der Waals surface area contributed by atoms with E-state index in [9.17, 15) is 8.42 Å². The molecule has 0 spiro atoms. The molecule has 0 aliphatic carbocycles. The van der Waals surface area contributed by atoms with Crippen molar-refractivity contribution in [2.75, 3.05) is 5.75 Å². The number of fused-ring (bicyclic) bond motifs is 2. The van der Waals surface area contributed by atoms with E-state index < -0.39 is 9.84 Å². The van der Waals surface area contributed by atoms with Gasteiger partial charge in [-0.05, 0) is 35.0 Å². The molecule has 0 unspecified atom stereocenters. The molecule has 0 radical (unpaired) electrons. The van der Waals surface area contributed by atoms with E-state index in [-0.39, 0.29) is 10.6 Å². The van der Waals surface area contributed by atoms with Crippen LogP contribution in [0.3, 0.4) is 0 Å². The van der Waals surface area contributed by atoms with Crippen LogP contribution in [0.1, 0.15) is 6.92 Å². The minimum atomic E-state index is -3.26. The van der Waals surface area contributed by atoms with Crippen molar-refractivity contribution in [2.24, 2.45) is 0 Å². The van der Waals surface area contributed by atoms with E-state index in [0.717, 1.165) is 16.3 Å². The van der Waals surface area contributed by atoms with Crippen LogP contribution >= 0.6 is 0 Å². The summed E-state index contributed by atoms with van der Waals surface area (Å²) < 4.78 is 29.9. The molecule has 4 aromatic rings. The van der Waals surface area contributed by atoms with E-state index in [2.05, 4.69) is 4.98 Å². The van der Waals surface area contributed by atoms with Gasteiger partial charge in [0.2, 0.25) is 5.89 Å². The van der Waals surface area contributed by atoms with Gasteiger partial charge in [0.25, 0.3) is 0 Å². The van der Waals surface area contributed by atoms with Crippen molar-refractivity contribution in [3.05, 3.63) is 60.7 Å². The van der Waals surface area contributed by atoms with Crippen molar-refractivity contribution < 1.29 is 12.8 Å². The summed E-state index contributed by atoms with van der Waals surface area (Å²) in [6.07, 6.45) is 0. The molecule has 0 atom stereocenters. The molecule has 0 N–H and O–H groups in total. The quantitative estimate of drug-likeness (QED) is 0.554. The highest BCUT2D eigenvalue weighted by atomic mass is 32.2. The van der Waals surface area contributed by atoms with Crippen LogP contribution in [0.25, 0.3) is 33.3 Å². The Balaban J connectivity index is 1.92. The lowest BCUT2D eigenvalue weighted by Crippen LogP contribution is -2.03. The number of rotatable bonds is 3. The van der Waals surface area contributed by atoms with Gasteiger partial charge < -0.3 is 4.42 Å². The molecular formula is C19H15NO3S. The molecule has 0 fully saturated rings. The van der Waals surface area contributed by atoms with Crippen LogP contribution in [0, 0.1) is 0 Å². The van der Waals surface area contributed by atoms with Gasteiger partial charge >= 0.3 is 0 Å². The highest BCUT2D eigenvalue weighted by molar-refractivity contribution is 7.91. The van der Waals surface area contributed by atoms with Gasteiger partial charge in [-0.25, -0.2) is 13.4 Å². The number of hydrogen-bond acceptors (Lipinski definition) is 4. The zero-order valence-electron chi connectivity index (χ0n) is 13.1. The summed E-state index contributed by atoms with van der Waals surface area (Å²) in [6, 6.07) is 18.8. The largest absolute Gasteiger partial charge is 0.436 e. The molecule has 24 heavy (non-hydrogen) atoms. The number of sulfone groups is 1. The van der Waals surface area contributed by atoms with Crippen LogP contribution in [0.4, 0.5) is 0 Å². The van der Waals surface area contributed by atoms with E-state index in [1.165, 1.54) is 0 Å². The van der Waals surface area contributed by atoms with Crippen molar-refractivity contribution >= 4 is 31.7 Å². The minimum Gasteiger partial charge on any atom is -0.436 e. The molecule has 3 aromatic carbocycles. The molecule has 0 saturated heterocycles. The lowest BCUT2D eigenvalue weighted by Gasteiger charge is -2.01. The average Bonchev–Trinajstić information content (AvgIpc) is 3.04. The van der Waals surface area contributed by atoms with Crippen molar-refractivity contribution in [3.8, 4) is 11.5 Å². The van der Waals surface area contributed by atoms with Crippen LogP contribution in [-0.2, 0) is 9.84 Å². The Hall–Kier alpha value is -2.66. The molecule has 0 aliphatic rings. The summed E-state index contributed by atoms with van der Waals surface area (Å²) in [5, 5.41) is 2.15. The minimum absolute atomic E-state index is 0.0620. The molecule has 0 saturated carbocycles. The normalized spacial score (nSPS) is 12.0. The summed E-state index contributed by atoms with van der Waals surface area (Å²) in [6.45, 7) is 1.63. The van der Waals surface area contributed by atoms with Crippen LogP contribution in [0.2, 0.25) is 0 Å². The van der Waals surface area contributed by atoms with E-state index in [1.54, 1.807) is 25.1 Å². The third-order valence-corrected chi connectivity index (χ3v) is 5.85. The first-order valence-electron chi connectivity index (χ1n) is 7.70. The van der Waals surface area contributed by atoms with E-state index in [1.807, 2.05) is 42.5 Å². The zero-order chi connectivity index (χ0) is 16.7. The zero-order valence-corrected chi connectivity index (χ0v) is 13.9. The maximum absolute atomic E-state index is 12.0. The second kappa shape index (κ2) is 5.46. The van der Waals surface area contributed by atoms with Crippen LogP contribution < -0.4 is 0 Å². The number of oxazole rings is 1. The Labute approximate surface area is 139 Å². The summed E-state index contributed by atoms with van der Waals surface area (Å²) in [4.78, 5) is 4.78. The van der Waals surface area contributed by atoms with Crippen molar-refractivity contribution in [3.63, 3.8) is 0 Å². The predicted octanol–water partition coefficient (Wildman–Crippen LogP) is 4.44. The summed E-state index contributed by atoms with van der Waals surface area (Å²) in [5.74, 6) is 0.555. The lowest BCUT2D eigenvalue weighted by molar-refractivity contribution is 0.597. The molecular weight excluding hydrogens is 322 g/mol. The SMILES string of the molecule is CCS(=O)(=O)c1ccc2oc(-c3cccc4ccccc34)nc2c1. The average molecular weight is 337 g/mol. The number of aromatic nitrogens is 1. The van der Waals surface area contributed by atoms with Crippen molar-refractivity contribution in [1.29, 1.82) is 0 Å². The van der Waals surface area contributed by atoms with Gasteiger partial charge in [-0.2, -0.15) is 0 Å². The molecule has 0 amide bonds. The molecule has 4 rings (SSSR count). The topological polar surface area (TPSA) is 60.2 Å². The lowest BCUT2D eigenvalue weighted by atomic mass is 10.0. The standard InChI is InChI=1S/C19H15NO3S/c1-2-24(21,22)14-10-11-18-17(12-14)20-19(23-18)16-9-5-7-13-6-3-4-8-15(13)16/h3-12H,2H2,1H3. The highest BCUT2D eigenvalue weighted by Crippen LogP contribution is 2.31. The Morgan fingerprint density at radius 1 is 1.00 bits per heavy atom. The van der Waals surface area contributed by atoms with Gasteiger partial charge in [0.05, 0.1) is 10.6 Å². The molecule has 120 valence electrons. The first-order chi connectivity index (χ1) is 11.6. The molecule has 0 aliphatic heterocycles. The van der Waals surface area contributed by atoms with Gasteiger partial charge in [-0.1, -0.05) is 43.3 Å². The van der Waals surface area contributed by atoms with Crippen LogP contribution in [0.15, 0.2) is 70.0 Å². The van der Waals surface area contributed by atoms with Gasteiger partial charge in [0.15, 0.2) is 15.4 Å². The Bertz CT molecular complexity index is 1150. The van der Waals surface area contributed by atoms with Crippen LogP contribution in [-0.4, -0.2) is 19.2 Å². The van der Waals surface area contributed by atoms with Gasteiger partial charge in [-0.15, -0.1) is 0 Å². The Kier molecular flexibility index (Phi) is 3.39. The van der Waals surface area contributed by atoms with E-state index in [4.69, 9.17) is 4.42 Å². The predicted molar refractivity (Wildman–Crippen MR) is 94.7 cm³/mol. The van der Waals surface area contributed by atoms with Gasteiger partial charge in [-0.3, -0.25) is 0 Å². The summed E-state index contributed by atoms with van der Waals surface area (Å²) in [5.41, 5.74) is 2.02. The number of nitrogens with zero attached hydrogens (tertiary/aromatic N) is 1. The third kappa shape index (κ3) is 2.37. The fourth-order valence-electron chi connectivity index (χ4n) is 2.79.